The molecule has 4 nitrogen and oxygen atoms in total. The highest BCUT2D eigenvalue weighted by Crippen LogP contribution is 2.21. The highest BCUT2D eigenvalue weighted by atomic mass is 35.5. The Morgan fingerprint density at radius 2 is 2.20 bits per heavy atom. The lowest BCUT2D eigenvalue weighted by molar-refractivity contribution is 0.503. The highest BCUT2D eigenvalue weighted by molar-refractivity contribution is 6.31. The van der Waals surface area contributed by atoms with E-state index < -0.39 is 0 Å². The van der Waals surface area contributed by atoms with Crippen LogP contribution < -0.4 is 11.3 Å². The number of hydrogen-bond donors (Lipinski definition) is 2. The Balaban J connectivity index is 2.13. The first-order valence-corrected chi connectivity index (χ1v) is 6.77. The van der Waals surface area contributed by atoms with Gasteiger partial charge in [0.25, 0.3) is 0 Å². The fourth-order valence-corrected chi connectivity index (χ4v) is 2.51. The Morgan fingerprint density at radius 1 is 1.45 bits per heavy atom. The molecular formula is C14H18ClFN4. The molecule has 0 radical (unpaired) electrons. The van der Waals surface area contributed by atoms with Crippen molar-refractivity contribution in [1.29, 1.82) is 0 Å². The highest BCUT2D eigenvalue weighted by Gasteiger charge is 2.16. The monoisotopic (exact) mass is 296 g/mol. The molecule has 0 saturated heterocycles. The van der Waals surface area contributed by atoms with Gasteiger partial charge in [-0.2, -0.15) is 5.10 Å². The average Bonchev–Trinajstić information content (AvgIpc) is 2.64. The predicted molar refractivity (Wildman–Crippen MR) is 77.9 cm³/mol. The standard InChI is InChI=1S/C14H18ClFN4/c1-9-14(15)13(20(2)19-9)8-12(18-17)7-10-4-3-5-11(16)6-10/h3-6,12,18H,7-8,17H2,1-2H3. The molecule has 0 spiro atoms. The Hall–Kier alpha value is -1.43. The van der Waals surface area contributed by atoms with Crippen LogP contribution in [0.4, 0.5) is 4.39 Å². The van der Waals surface area contributed by atoms with E-state index in [4.69, 9.17) is 17.4 Å². The largest absolute Gasteiger partial charge is 0.271 e. The SMILES string of the molecule is Cc1nn(C)c(CC(Cc2cccc(F)c2)NN)c1Cl. The van der Waals surface area contributed by atoms with E-state index in [1.54, 1.807) is 10.7 Å². The number of nitrogens with two attached hydrogens (primary N) is 1. The Morgan fingerprint density at radius 3 is 2.75 bits per heavy atom. The molecule has 0 saturated carbocycles. The molecule has 0 aliphatic heterocycles. The Labute approximate surface area is 122 Å². The number of halogens is 2. The van der Waals surface area contributed by atoms with Crippen molar-refractivity contribution in [2.45, 2.75) is 25.8 Å². The number of hydrogen-bond acceptors (Lipinski definition) is 3. The van der Waals surface area contributed by atoms with Crippen molar-refractivity contribution in [3.63, 3.8) is 0 Å². The van der Waals surface area contributed by atoms with Gasteiger partial charge < -0.3 is 0 Å². The summed E-state index contributed by atoms with van der Waals surface area (Å²) >= 11 is 6.23. The fourth-order valence-electron chi connectivity index (χ4n) is 2.27. The summed E-state index contributed by atoms with van der Waals surface area (Å²) in [4.78, 5) is 0. The van der Waals surface area contributed by atoms with Gasteiger partial charge in [-0.05, 0) is 31.0 Å². The molecule has 1 unspecified atom stereocenters. The molecule has 108 valence electrons. The van der Waals surface area contributed by atoms with Crippen LogP contribution in [0.5, 0.6) is 0 Å². The summed E-state index contributed by atoms with van der Waals surface area (Å²) in [5.41, 5.74) is 5.37. The van der Waals surface area contributed by atoms with Crippen LogP contribution in [0.25, 0.3) is 0 Å². The number of nitrogens with zero attached hydrogens (tertiary/aromatic N) is 2. The zero-order valence-corrected chi connectivity index (χ0v) is 12.3. The molecule has 0 aliphatic rings. The van der Waals surface area contributed by atoms with Crippen molar-refractivity contribution in [2.75, 3.05) is 0 Å². The summed E-state index contributed by atoms with van der Waals surface area (Å²) in [5.74, 6) is 5.35. The van der Waals surface area contributed by atoms with Crippen LogP contribution in [-0.2, 0) is 19.9 Å². The van der Waals surface area contributed by atoms with Gasteiger partial charge in [-0.3, -0.25) is 16.0 Å². The van der Waals surface area contributed by atoms with Crippen LogP contribution >= 0.6 is 11.6 Å². The summed E-state index contributed by atoms with van der Waals surface area (Å²) in [6.07, 6.45) is 1.25. The third kappa shape index (κ3) is 3.36. The molecule has 2 aromatic rings. The van der Waals surface area contributed by atoms with Gasteiger partial charge in [0, 0.05) is 19.5 Å². The normalized spacial score (nSPS) is 12.7. The molecule has 1 heterocycles. The van der Waals surface area contributed by atoms with Crippen molar-refractivity contribution in [1.82, 2.24) is 15.2 Å². The van der Waals surface area contributed by atoms with Crippen molar-refractivity contribution in [2.24, 2.45) is 12.9 Å². The minimum atomic E-state index is -0.243. The molecule has 0 fully saturated rings. The average molecular weight is 297 g/mol. The molecule has 1 aromatic carbocycles. The molecular weight excluding hydrogens is 279 g/mol. The lowest BCUT2D eigenvalue weighted by Crippen LogP contribution is -2.39. The van der Waals surface area contributed by atoms with E-state index in [0.29, 0.717) is 17.9 Å². The van der Waals surface area contributed by atoms with E-state index in [9.17, 15) is 4.39 Å². The summed E-state index contributed by atoms with van der Waals surface area (Å²) < 4.78 is 15.0. The van der Waals surface area contributed by atoms with Crippen LogP contribution in [-0.4, -0.2) is 15.8 Å². The van der Waals surface area contributed by atoms with E-state index >= 15 is 0 Å². The van der Waals surface area contributed by atoms with Crippen LogP contribution in [0.2, 0.25) is 5.02 Å². The second-order valence-corrected chi connectivity index (χ2v) is 5.25. The van der Waals surface area contributed by atoms with Crippen molar-refractivity contribution in [3.05, 3.63) is 52.1 Å². The first-order chi connectivity index (χ1) is 9.51. The summed E-state index contributed by atoms with van der Waals surface area (Å²) in [6, 6.07) is 6.48. The number of hydrazine groups is 1. The maximum atomic E-state index is 13.2. The minimum Gasteiger partial charge on any atom is -0.271 e. The van der Waals surface area contributed by atoms with Gasteiger partial charge in [-0.15, -0.1) is 0 Å². The minimum absolute atomic E-state index is 0.0379. The fraction of sp³-hybridized carbons (Fsp3) is 0.357. The van der Waals surface area contributed by atoms with Gasteiger partial charge in [0.15, 0.2) is 0 Å². The molecule has 20 heavy (non-hydrogen) atoms. The van der Waals surface area contributed by atoms with Crippen molar-refractivity contribution >= 4 is 11.6 Å². The zero-order chi connectivity index (χ0) is 14.7. The number of benzene rings is 1. The summed E-state index contributed by atoms with van der Waals surface area (Å²) in [6.45, 7) is 1.86. The molecule has 1 atom stereocenters. The Kier molecular flexibility index (Phi) is 4.75. The van der Waals surface area contributed by atoms with Gasteiger partial charge in [0.2, 0.25) is 0 Å². The number of nitrogens with one attached hydrogen (secondary N) is 1. The summed E-state index contributed by atoms with van der Waals surface area (Å²) in [5, 5.41) is 4.93. The van der Waals surface area contributed by atoms with Gasteiger partial charge >= 0.3 is 0 Å². The van der Waals surface area contributed by atoms with E-state index in [1.165, 1.54) is 12.1 Å². The topological polar surface area (TPSA) is 55.9 Å². The quantitative estimate of drug-likeness (QED) is 0.656. The third-order valence-electron chi connectivity index (χ3n) is 3.31. The molecule has 1 aromatic heterocycles. The second kappa shape index (κ2) is 6.35. The maximum absolute atomic E-state index is 13.2. The van der Waals surface area contributed by atoms with Crippen molar-refractivity contribution < 1.29 is 4.39 Å². The molecule has 2 rings (SSSR count). The van der Waals surface area contributed by atoms with E-state index in [0.717, 1.165) is 17.0 Å². The Bertz CT molecular complexity index is 597. The predicted octanol–water partition coefficient (Wildman–Crippen LogP) is 2.14. The van der Waals surface area contributed by atoms with Crippen LogP contribution in [0.15, 0.2) is 24.3 Å². The van der Waals surface area contributed by atoms with Gasteiger partial charge in [-0.1, -0.05) is 23.7 Å². The van der Waals surface area contributed by atoms with Gasteiger partial charge in [-0.25, -0.2) is 4.39 Å². The maximum Gasteiger partial charge on any atom is 0.123 e. The number of aromatic nitrogens is 2. The molecule has 0 amide bonds. The van der Waals surface area contributed by atoms with Crippen LogP contribution in [0.3, 0.4) is 0 Å². The van der Waals surface area contributed by atoms with Crippen LogP contribution in [0.1, 0.15) is 17.0 Å². The van der Waals surface area contributed by atoms with Gasteiger partial charge in [0.1, 0.15) is 5.82 Å². The molecule has 3 N–H and O–H groups in total. The molecule has 0 bridgehead atoms. The van der Waals surface area contributed by atoms with E-state index in [1.807, 2.05) is 20.0 Å². The number of rotatable bonds is 5. The lowest BCUT2D eigenvalue weighted by atomic mass is 10.0. The summed E-state index contributed by atoms with van der Waals surface area (Å²) in [7, 11) is 1.85. The lowest BCUT2D eigenvalue weighted by Gasteiger charge is -2.16. The zero-order valence-electron chi connectivity index (χ0n) is 11.5. The number of aryl methyl sites for hydroxylation is 2. The molecule has 6 heteroatoms. The van der Waals surface area contributed by atoms with Crippen molar-refractivity contribution in [3.8, 4) is 0 Å². The van der Waals surface area contributed by atoms with Crippen LogP contribution in [0, 0.1) is 12.7 Å². The van der Waals surface area contributed by atoms with Gasteiger partial charge in [0.05, 0.1) is 16.4 Å². The second-order valence-electron chi connectivity index (χ2n) is 4.87. The first kappa shape index (κ1) is 15.0. The third-order valence-corrected chi connectivity index (χ3v) is 3.80. The molecule has 0 aliphatic carbocycles. The smallest absolute Gasteiger partial charge is 0.123 e. The first-order valence-electron chi connectivity index (χ1n) is 6.39. The van der Waals surface area contributed by atoms with E-state index in [2.05, 4.69) is 10.5 Å². The van der Waals surface area contributed by atoms with E-state index in [-0.39, 0.29) is 11.9 Å².